The van der Waals surface area contributed by atoms with E-state index in [-0.39, 0.29) is 0 Å². The maximum Gasteiger partial charge on any atom is 0.159 e. The van der Waals surface area contributed by atoms with Gasteiger partial charge in [-0.05, 0) is 72.8 Å². The van der Waals surface area contributed by atoms with Crippen LogP contribution in [0.1, 0.15) is 0 Å². The highest BCUT2D eigenvalue weighted by molar-refractivity contribution is 6.40. The van der Waals surface area contributed by atoms with Crippen molar-refractivity contribution >= 4 is 164 Å². The average Bonchev–Trinajstić information content (AvgIpc) is 4.33. The Labute approximate surface area is 406 Å². The molecule has 72 heavy (non-hydrogen) atoms. The van der Waals surface area contributed by atoms with Crippen LogP contribution < -0.4 is 0 Å². The lowest BCUT2D eigenvalue weighted by molar-refractivity contribution is 0.666. The molecule has 8 aromatic heterocycles. The van der Waals surface area contributed by atoms with Gasteiger partial charge >= 0.3 is 0 Å². The van der Waals surface area contributed by atoms with Crippen LogP contribution in [-0.2, 0) is 0 Å². The number of aromatic nitrogens is 4. The van der Waals surface area contributed by atoms with Crippen molar-refractivity contribution in [2.45, 2.75) is 0 Å². The molecule has 0 aliphatic heterocycles. The summed E-state index contributed by atoms with van der Waals surface area (Å²) < 4.78 is 23.6. The third-order valence-corrected chi connectivity index (χ3v) is 16.6. The summed E-state index contributed by atoms with van der Waals surface area (Å²) >= 11 is 0. The van der Waals surface area contributed by atoms with Gasteiger partial charge in [0, 0.05) is 86.2 Å². The average molecular weight is 915 g/mol. The first-order chi connectivity index (χ1) is 35.8. The van der Waals surface area contributed by atoms with Crippen LogP contribution in [-0.4, -0.2) is 17.9 Å². The molecule has 0 aliphatic carbocycles. The molecule has 0 fully saturated rings. The summed E-state index contributed by atoms with van der Waals surface area (Å²) in [5.74, 6) is 0. The highest BCUT2D eigenvalue weighted by Gasteiger charge is 2.29. The Morgan fingerprint density at radius 3 is 1.10 bits per heavy atom. The molecule has 0 aliphatic rings. The van der Waals surface area contributed by atoms with Gasteiger partial charge in [0.25, 0.3) is 0 Å². The number of nitrogens with zero attached hydrogens (tertiary/aromatic N) is 4. The lowest BCUT2D eigenvalue weighted by Gasteiger charge is -2.09. The SMILES string of the molecule is c1ccc2c(c1)oc1c(-n3c4ccccc4c4c5c6cc7c8c9c%10ccccc%10n(-c%10cccc%11c%10oc%10ccccc%10%11)c9cc9c%10ccccc%10n(c7cc6n6c7ccccc7c(cc43)c56)c98)cccc12. The Morgan fingerprint density at radius 2 is 0.625 bits per heavy atom. The quantitative estimate of drug-likeness (QED) is 0.173. The molecule has 19 rings (SSSR count). The minimum absolute atomic E-state index is 0.889. The number of para-hydroxylation sites is 8. The topological polar surface area (TPSA) is 45.0 Å². The van der Waals surface area contributed by atoms with Crippen LogP contribution in [0.15, 0.2) is 215 Å². The van der Waals surface area contributed by atoms with E-state index in [4.69, 9.17) is 8.83 Å². The third kappa shape index (κ3) is 4.05. The van der Waals surface area contributed by atoms with E-state index in [1.54, 1.807) is 0 Å². The van der Waals surface area contributed by atoms with Crippen molar-refractivity contribution in [2.24, 2.45) is 0 Å². The van der Waals surface area contributed by atoms with Crippen molar-refractivity contribution in [1.82, 2.24) is 17.9 Å². The van der Waals surface area contributed by atoms with Crippen LogP contribution in [0.5, 0.6) is 0 Å². The van der Waals surface area contributed by atoms with Crippen molar-refractivity contribution in [3.05, 3.63) is 206 Å². The molecule has 0 saturated carbocycles. The normalized spacial score (nSPS) is 13.0. The standard InChI is InChI=1S/C66H34N4O2/c1-7-23-47-35(15-1)43-32-55-59(41-19-3-9-25-49(41)67(55)51-27-13-21-39-37-17-5-11-29-57(37)71-65(39)51)61-45-31-46-54(34-53(45)69(47)63(43)61)70-48-24-8-2-16-36(48)44-33-56-60(62(46)64(44)70)42-20-4-10-26-50(42)68(56)52-28-14-22-40-38-18-6-12-30-58(38)72-66(40)52/h1-34H. The summed E-state index contributed by atoms with van der Waals surface area (Å²) in [7, 11) is 0. The first-order valence-corrected chi connectivity index (χ1v) is 24.8. The fourth-order valence-corrected chi connectivity index (χ4v) is 13.9. The second kappa shape index (κ2) is 12.3. The molecule has 330 valence electrons. The van der Waals surface area contributed by atoms with Gasteiger partial charge in [0.1, 0.15) is 11.2 Å². The number of rotatable bonds is 2. The summed E-state index contributed by atoms with van der Waals surface area (Å²) in [6, 6.07) is 75.7. The molecule has 11 aromatic carbocycles. The minimum Gasteiger partial charge on any atom is -0.454 e. The van der Waals surface area contributed by atoms with Gasteiger partial charge in [0.2, 0.25) is 0 Å². The molecule has 8 heterocycles. The molecule has 0 N–H and O–H groups in total. The predicted octanol–water partition coefficient (Wildman–Crippen LogP) is 18.0. The van der Waals surface area contributed by atoms with Gasteiger partial charge in [-0.25, -0.2) is 0 Å². The number of furan rings is 2. The van der Waals surface area contributed by atoms with E-state index < -0.39 is 0 Å². The van der Waals surface area contributed by atoms with E-state index in [1.807, 2.05) is 0 Å². The summed E-state index contributed by atoms with van der Waals surface area (Å²) in [5, 5.41) is 19.4. The molecule has 0 amide bonds. The van der Waals surface area contributed by atoms with E-state index in [2.05, 4.69) is 224 Å². The number of hydrogen-bond acceptors (Lipinski definition) is 2. The minimum atomic E-state index is 0.889. The van der Waals surface area contributed by atoms with Crippen molar-refractivity contribution in [3.8, 4) is 11.4 Å². The van der Waals surface area contributed by atoms with Crippen molar-refractivity contribution < 1.29 is 8.83 Å². The van der Waals surface area contributed by atoms with E-state index in [0.717, 1.165) is 77.3 Å². The zero-order valence-electron chi connectivity index (χ0n) is 38.2. The molecule has 0 atom stereocenters. The van der Waals surface area contributed by atoms with Gasteiger partial charge in [-0.2, -0.15) is 0 Å². The fourth-order valence-electron chi connectivity index (χ4n) is 13.9. The van der Waals surface area contributed by atoms with Gasteiger partial charge in [0.05, 0.1) is 66.5 Å². The second-order valence-electron chi connectivity index (χ2n) is 19.9. The number of hydrogen-bond donors (Lipinski definition) is 0. The largest absolute Gasteiger partial charge is 0.454 e. The van der Waals surface area contributed by atoms with Crippen molar-refractivity contribution in [3.63, 3.8) is 0 Å². The molecular formula is C66H34N4O2. The maximum atomic E-state index is 6.80. The fraction of sp³-hybridized carbons (Fsp3) is 0. The molecule has 0 radical (unpaired) electrons. The van der Waals surface area contributed by atoms with Crippen LogP contribution >= 0.6 is 0 Å². The molecule has 0 spiro atoms. The maximum absolute atomic E-state index is 6.80. The van der Waals surface area contributed by atoms with Gasteiger partial charge in [-0.3, -0.25) is 0 Å². The Kier molecular flexibility index (Phi) is 6.20. The van der Waals surface area contributed by atoms with E-state index >= 15 is 0 Å². The Hall–Kier alpha value is -9.78. The highest BCUT2D eigenvalue weighted by Crippen LogP contribution is 2.52. The summed E-state index contributed by atoms with van der Waals surface area (Å²) in [6.45, 7) is 0. The molecule has 19 aromatic rings. The van der Waals surface area contributed by atoms with Crippen molar-refractivity contribution in [2.75, 3.05) is 0 Å². The number of fused-ring (bicyclic) bond motifs is 26. The second-order valence-corrected chi connectivity index (χ2v) is 19.9. The van der Waals surface area contributed by atoms with Gasteiger partial charge in [-0.1, -0.05) is 133 Å². The zero-order valence-corrected chi connectivity index (χ0v) is 38.2. The Balaban J connectivity index is 1.03. The van der Waals surface area contributed by atoms with Crippen LogP contribution in [0, 0.1) is 0 Å². The van der Waals surface area contributed by atoms with E-state index in [1.165, 1.54) is 97.7 Å². The molecule has 0 bridgehead atoms. The lowest BCUT2D eigenvalue weighted by atomic mass is 9.99. The van der Waals surface area contributed by atoms with Gasteiger partial charge in [0.15, 0.2) is 11.2 Å². The van der Waals surface area contributed by atoms with Gasteiger partial charge < -0.3 is 26.8 Å². The predicted molar refractivity (Wildman–Crippen MR) is 299 cm³/mol. The molecule has 0 unspecified atom stereocenters. The number of benzene rings is 11. The van der Waals surface area contributed by atoms with E-state index in [9.17, 15) is 0 Å². The smallest absolute Gasteiger partial charge is 0.159 e. The van der Waals surface area contributed by atoms with Crippen LogP contribution in [0.4, 0.5) is 0 Å². The highest BCUT2D eigenvalue weighted by atomic mass is 16.3. The van der Waals surface area contributed by atoms with Crippen LogP contribution in [0.25, 0.3) is 175 Å². The van der Waals surface area contributed by atoms with Crippen molar-refractivity contribution in [1.29, 1.82) is 0 Å². The molecule has 6 nitrogen and oxygen atoms in total. The molecular weight excluding hydrogens is 881 g/mol. The molecule has 0 saturated heterocycles. The summed E-state index contributed by atoms with van der Waals surface area (Å²) in [4.78, 5) is 0. The van der Waals surface area contributed by atoms with E-state index in [0.29, 0.717) is 0 Å². The zero-order chi connectivity index (χ0) is 46.2. The van der Waals surface area contributed by atoms with Gasteiger partial charge in [-0.15, -0.1) is 0 Å². The molecule has 6 heteroatoms. The Bertz CT molecular complexity index is 5310. The first kappa shape index (κ1) is 36.2. The Morgan fingerprint density at radius 1 is 0.236 bits per heavy atom. The lowest BCUT2D eigenvalue weighted by Crippen LogP contribution is -1.94. The van der Waals surface area contributed by atoms with Crippen LogP contribution in [0.2, 0.25) is 0 Å². The summed E-state index contributed by atoms with van der Waals surface area (Å²) in [5.41, 5.74) is 17.6. The van der Waals surface area contributed by atoms with Crippen LogP contribution in [0.3, 0.4) is 0 Å². The summed E-state index contributed by atoms with van der Waals surface area (Å²) in [6.07, 6.45) is 0. The monoisotopic (exact) mass is 914 g/mol. The first-order valence-electron chi connectivity index (χ1n) is 24.8. The third-order valence-electron chi connectivity index (χ3n) is 16.6.